The molecule has 8 heteroatoms. The number of halogens is 5. The van der Waals surface area contributed by atoms with Gasteiger partial charge in [-0.3, -0.25) is 4.79 Å². The molecule has 1 fully saturated rings. The minimum atomic E-state index is -4.57. The molecule has 0 radical (unpaired) electrons. The van der Waals surface area contributed by atoms with Gasteiger partial charge in [0.15, 0.2) is 0 Å². The fourth-order valence-electron chi connectivity index (χ4n) is 2.35. The lowest BCUT2D eigenvalue weighted by Gasteiger charge is -2.22. The van der Waals surface area contributed by atoms with Crippen LogP contribution in [0, 0.1) is 11.7 Å². The molecule has 1 amide bonds. The molecule has 0 aliphatic carbocycles. The predicted molar refractivity (Wildman–Crippen MR) is 77.5 cm³/mol. The van der Waals surface area contributed by atoms with E-state index in [1.165, 1.54) is 0 Å². The van der Waals surface area contributed by atoms with Crippen LogP contribution < -0.4 is 10.6 Å². The summed E-state index contributed by atoms with van der Waals surface area (Å²) >= 11 is 0. The summed E-state index contributed by atoms with van der Waals surface area (Å²) in [5.41, 5.74) is -1.41. The Morgan fingerprint density at radius 2 is 1.91 bits per heavy atom. The summed E-state index contributed by atoms with van der Waals surface area (Å²) in [7, 11) is 0. The lowest BCUT2D eigenvalue weighted by atomic mass is 9.94. The SMILES string of the molecule is Cl.O=C(CC1CCNCC1)Nc1cc(C(F)(F)F)ccc1F. The minimum Gasteiger partial charge on any atom is -0.324 e. The first-order valence-corrected chi connectivity index (χ1v) is 6.73. The predicted octanol–water partition coefficient (Wildman–Crippen LogP) is 3.59. The maximum atomic E-state index is 13.5. The molecule has 124 valence electrons. The van der Waals surface area contributed by atoms with Crippen molar-refractivity contribution < 1.29 is 22.4 Å². The second-order valence-electron chi connectivity index (χ2n) is 5.14. The van der Waals surface area contributed by atoms with Crippen molar-refractivity contribution in [3.8, 4) is 0 Å². The summed E-state index contributed by atoms with van der Waals surface area (Å²) in [6, 6.07) is 1.98. The van der Waals surface area contributed by atoms with Gasteiger partial charge in [-0.25, -0.2) is 4.39 Å². The molecule has 1 aromatic rings. The summed E-state index contributed by atoms with van der Waals surface area (Å²) < 4.78 is 51.2. The zero-order valence-electron chi connectivity index (χ0n) is 11.7. The number of benzene rings is 1. The maximum absolute atomic E-state index is 13.5. The van der Waals surface area contributed by atoms with E-state index in [9.17, 15) is 22.4 Å². The van der Waals surface area contributed by atoms with E-state index >= 15 is 0 Å². The summed E-state index contributed by atoms with van der Waals surface area (Å²) in [4.78, 5) is 11.8. The number of hydrogen-bond acceptors (Lipinski definition) is 2. The lowest BCUT2D eigenvalue weighted by Crippen LogP contribution is -2.30. The van der Waals surface area contributed by atoms with E-state index < -0.39 is 29.2 Å². The third-order valence-corrected chi connectivity index (χ3v) is 3.50. The Balaban J connectivity index is 0.00000242. The van der Waals surface area contributed by atoms with Crippen LogP contribution in [0.25, 0.3) is 0 Å². The van der Waals surface area contributed by atoms with Gasteiger partial charge in [-0.1, -0.05) is 0 Å². The first-order valence-electron chi connectivity index (χ1n) is 6.73. The van der Waals surface area contributed by atoms with Crippen LogP contribution in [0.2, 0.25) is 0 Å². The Hall–Kier alpha value is -1.34. The highest BCUT2D eigenvalue weighted by Crippen LogP contribution is 2.32. The van der Waals surface area contributed by atoms with Gasteiger partial charge in [-0.2, -0.15) is 13.2 Å². The third kappa shape index (κ3) is 5.14. The second kappa shape index (κ2) is 7.78. The number of rotatable bonds is 3. The Kier molecular flexibility index (Phi) is 6.62. The van der Waals surface area contributed by atoms with Crippen LogP contribution in [0.5, 0.6) is 0 Å². The van der Waals surface area contributed by atoms with Crippen molar-refractivity contribution in [3.05, 3.63) is 29.6 Å². The Morgan fingerprint density at radius 3 is 2.50 bits per heavy atom. The van der Waals surface area contributed by atoms with E-state index in [1.807, 2.05) is 0 Å². The van der Waals surface area contributed by atoms with Crippen molar-refractivity contribution in [1.82, 2.24) is 5.32 Å². The molecule has 3 nitrogen and oxygen atoms in total. The van der Waals surface area contributed by atoms with Crippen LogP contribution in [0.15, 0.2) is 18.2 Å². The van der Waals surface area contributed by atoms with E-state index in [0.717, 1.165) is 25.9 Å². The molecule has 0 atom stereocenters. The van der Waals surface area contributed by atoms with Gasteiger partial charge in [0.2, 0.25) is 5.91 Å². The van der Waals surface area contributed by atoms with Crippen LogP contribution in [-0.2, 0) is 11.0 Å². The van der Waals surface area contributed by atoms with Gasteiger partial charge < -0.3 is 10.6 Å². The van der Waals surface area contributed by atoms with Crippen LogP contribution >= 0.6 is 12.4 Å². The van der Waals surface area contributed by atoms with E-state index in [0.29, 0.717) is 18.2 Å². The Bertz CT molecular complexity index is 516. The number of anilines is 1. The quantitative estimate of drug-likeness (QED) is 0.826. The van der Waals surface area contributed by atoms with Crippen molar-refractivity contribution in [2.24, 2.45) is 5.92 Å². The van der Waals surface area contributed by atoms with Gasteiger partial charge in [0.05, 0.1) is 11.3 Å². The summed E-state index contributed by atoms with van der Waals surface area (Å²) in [5.74, 6) is -1.15. The minimum absolute atomic E-state index is 0. The zero-order valence-corrected chi connectivity index (χ0v) is 12.5. The van der Waals surface area contributed by atoms with Crippen LogP contribution in [0.1, 0.15) is 24.8 Å². The summed E-state index contributed by atoms with van der Waals surface area (Å²) in [6.45, 7) is 1.63. The Labute approximate surface area is 131 Å². The highest BCUT2D eigenvalue weighted by molar-refractivity contribution is 5.91. The van der Waals surface area contributed by atoms with E-state index in [2.05, 4.69) is 10.6 Å². The normalized spacial score (nSPS) is 16.0. The van der Waals surface area contributed by atoms with Gasteiger partial charge in [-0.15, -0.1) is 12.4 Å². The average molecular weight is 341 g/mol. The first kappa shape index (κ1) is 18.7. The molecule has 0 unspecified atom stereocenters. The monoisotopic (exact) mass is 340 g/mol. The molecule has 0 saturated carbocycles. The van der Waals surface area contributed by atoms with E-state index in [1.54, 1.807) is 0 Å². The number of carbonyl (C=O) groups is 1. The standard InChI is InChI=1S/C14H16F4N2O.ClH/c15-11-2-1-10(14(16,17)18)8-12(11)20-13(21)7-9-3-5-19-6-4-9;/h1-2,8-9,19H,3-7H2,(H,20,21);1H. The molecule has 1 heterocycles. The molecular formula is C14H17ClF4N2O. The zero-order chi connectivity index (χ0) is 15.5. The van der Waals surface area contributed by atoms with Crippen molar-refractivity contribution in [2.45, 2.75) is 25.4 Å². The highest BCUT2D eigenvalue weighted by Gasteiger charge is 2.31. The Morgan fingerprint density at radius 1 is 1.27 bits per heavy atom. The van der Waals surface area contributed by atoms with Gasteiger partial charge in [-0.05, 0) is 50.0 Å². The summed E-state index contributed by atoms with van der Waals surface area (Å²) in [5, 5.41) is 5.39. The van der Waals surface area contributed by atoms with Gasteiger partial charge >= 0.3 is 6.18 Å². The third-order valence-electron chi connectivity index (χ3n) is 3.50. The first-order chi connectivity index (χ1) is 9.86. The molecule has 1 saturated heterocycles. The van der Waals surface area contributed by atoms with E-state index in [-0.39, 0.29) is 24.7 Å². The van der Waals surface area contributed by atoms with E-state index in [4.69, 9.17) is 0 Å². The molecule has 1 aliphatic heterocycles. The van der Waals surface area contributed by atoms with Crippen molar-refractivity contribution in [1.29, 1.82) is 0 Å². The van der Waals surface area contributed by atoms with Crippen molar-refractivity contribution in [2.75, 3.05) is 18.4 Å². The van der Waals surface area contributed by atoms with Crippen LogP contribution in [0.4, 0.5) is 23.2 Å². The number of hydrogen-bond donors (Lipinski definition) is 2. The number of amides is 1. The van der Waals surface area contributed by atoms with Gasteiger partial charge in [0.25, 0.3) is 0 Å². The van der Waals surface area contributed by atoms with Gasteiger partial charge in [0.1, 0.15) is 5.82 Å². The molecule has 0 spiro atoms. The number of nitrogens with one attached hydrogen (secondary N) is 2. The maximum Gasteiger partial charge on any atom is 0.416 e. The van der Waals surface area contributed by atoms with Crippen LogP contribution in [0.3, 0.4) is 0 Å². The second-order valence-corrected chi connectivity index (χ2v) is 5.14. The number of carbonyl (C=O) groups excluding carboxylic acids is 1. The fraction of sp³-hybridized carbons (Fsp3) is 0.500. The molecule has 22 heavy (non-hydrogen) atoms. The number of alkyl halides is 3. The molecule has 0 aromatic heterocycles. The largest absolute Gasteiger partial charge is 0.416 e. The molecule has 0 bridgehead atoms. The fourth-order valence-corrected chi connectivity index (χ4v) is 2.35. The molecule has 2 rings (SSSR count). The van der Waals surface area contributed by atoms with Gasteiger partial charge in [0, 0.05) is 6.42 Å². The molecule has 1 aliphatic rings. The lowest BCUT2D eigenvalue weighted by molar-refractivity contribution is -0.137. The van der Waals surface area contributed by atoms with Crippen LogP contribution in [-0.4, -0.2) is 19.0 Å². The van der Waals surface area contributed by atoms with Crippen molar-refractivity contribution in [3.63, 3.8) is 0 Å². The molecule has 2 N–H and O–H groups in total. The summed E-state index contributed by atoms with van der Waals surface area (Å²) in [6.07, 6.45) is -2.71. The smallest absolute Gasteiger partial charge is 0.324 e. The van der Waals surface area contributed by atoms with Crippen molar-refractivity contribution >= 4 is 24.0 Å². The average Bonchev–Trinajstić information content (AvgIpc) is 2.41. The molecular weight excluding hydrogens is 324 g/mol. The highest BCUT2D eigenvalue weighted by atomic mass is 35.5. The number of piperidine rings is 1. The molecule has 1 aromatic carbocycles. The topological polar surface area (TPSA) is 41.1 Å².